The average Bonchev–Trinajstić information content (AvgIpc) is 2.38. The lowest BCUT2D eigenvalue weighted by Crippen LogP contribution is -2.14. The fourth-order valence-corrected chi connectivity index (χ4v) is 2.43. The van der Waals surface area contributed by atoms with E-state index in [2.05, 4.69) is 21.2 Å². The van der Waals surface area contributed by atoms with Gasteiger partial charge < -0.3 is 5.32 Å². The van der Waals surface area contributed by atoms with Crippen LogP contribution in [0.4, 0.5) is 5.69 Å². The van der Waals surface area contributed by atoms with Crippen molar-refractivity contribution in [2.45, 2.75) is 13.3 Å². The molecule has 0 aliphatic heterocycles. The normalized spacial score (nSPS) is 10.4. The highest BCUT2D eigenvalue weighted by molar-refractivity contribution is 9.10. The van der Waals surface area contributed by atoms with Gasteiger partial charge in [0, 0.05) is 4.47 Å². The highest BCUT2D eigenvalue weighted by atomic mass is 79.9. The van der Waals surface area contributed by atoms with Gasteiger partial charge in [0.05, 0.1) is 22.2 Å². The highest BCUT2D eigenvalue weighted by Gasteiger charge is 2.08. The first-order chi connectivity index (χ1) is 9.45. The molecule has 0 fully saturated rings. The number of nitrogens with one attached hydrogen (secondary N) is 1. The summed E-state index contributed by atoms with van der Waals surface area (Å²) in [7, 11) is 0. The SMILES string of the molecule is Cc1ccc(Br)c(NC(=O)Cc2ccc(Cl)c(Cl)c2)c1. The van der Waals surface area contributed by atoms with Gasteiger partial charge in [0.2, 0.25) is 5.91 Å². The van der Waals surface area contributed by atoms with Crippen LogP contribution in [0.1, 0.15) is 11.1 Å². The zero-order chi connectivity index (χ0) is 14.7. The molecule has 1 N–H and O–H groups in total. The summed E-state index contributed by atoms with van der Waals surface area (Å²) in [4.78, 5) is 12.0. The Balaban J connectivity index is 2.09. The van der Waals surface area contributed by atoms with E-state index < -0.39 is 0 Å². The van der Waals surface area contributed by atoms with Crippen molar-refractivity contribution in [3.05, 3.63) is 62.0 Å². The van der Waals surface area contributed by atoms with Crippen molar-refractivity contribution < 1.29 is 4.79 Å². The van der Waals surface area contributed by atoms with Crippen LogP contribution in [0.5, 0.6) is 0 Å². The van der Waals surface area contributed by atoms with Crippen molar-refractivity contribution in [2.24, 2.45) is 0 Å². The van der Waals surface area contributed by atoms with Gasteiger partial charge in [0.25, 0.3) is 0 Å². The lowest BCUT2D eigenvalue weighted by atomic mass is 10.1. The number of carbonyl (C=O) groups is 1. The van der Waals surface area contributed by atoms with Crippen molar-refractivity contribution in [1.29, 1.82) is 0 Å². The van der Waals surface area contributed by atoms with Gasteiger partial charge in [-0.05, 0) is 58.2 Å². The van der Waals surface area contributed by atoms with Gasteiger partial charge in [-0.15, -0.1) is 0 Å². The van der Waals surface area contributed by atoms with Crippen LogP contribution in [0.15, 0.2) is 40.9 Å². The fraction of sp³-hybridized carbons (Fsp3) is 0.133. The number of anilines is 1. The second kappa shape index (κ2) is 6.61. The first-order valence-corrected chi connectivity index (χ1v) is 7.50. The minimum Gasteiger partial charge on any atom is -0.325 e. The third kappa shape index (κ3) is 3.98. The molecule has 2 rings (SSSR count). The Morgan fingerprint density at radius 3 is 2.60 bits per heavy atom. The molecule has 0 saturated heterocycles. The maximum atomic E-state index is 12.0. The molecule has 0 aliphatic carbocycles. The molecule has 2 aromatic rings. The van der Waals surface area contributed by atoms with E-state index >= 15 is 0 Å². The second-order valence-electron chi connectivity index (χ2n) is 4.46. The molecule has 0 radical (unpaired) electrons. The molecule has 2 nitrogen and oxygen atoms in total. The molecule has 2 aromatic carbocycles. The fourth-order valence-electron chi connectivity index (χ4n) is 1.76. The van der Waals surface area contributed by atoms with Gasteiger partial charge in [-0.3, -0.25) is 4.79 Å². The van der Waals surface area contributed by atoms with Crippen LogP contribution < -0.4 is 5.32 Å². The van der Waals surface area contributed by atoms with Crippen molar-refractivity contribution in [3.63, 3.8) is 0 Å². The first-order valence-electron chi connectivity index (χ1n) is 5.95. The third-order valence-electron chi connectivity index (χ3n) is 2.74. The monoisotopic (exact) mass is 371 g/mol. The van der Waals surface area contributed by atoms with E-state index in [9.17, 15) is 4.79 Å². The van der Waals surface area contributed by atoms with Crippen LogP contribution in [-0.4, -0.2) is 5.91 Å². The van der Waals surface area contributed by atoms with Gasteiger partial charge in [0.1, 0.15) is 0 Å². The Morgan fingerprint density at radius 1 is 1.15 bits per heavy atom. The maximum absolute atomic E-state index is 12.0. The standard InChI is InChI=1S/C15H12BrCl2NO/c1-9-2-4-11(16)14(6-9)19-15(20)8-10-3-5-12(17)13(18)7-10/h2-7H,8H2,1H3,(H,19,20). The summed E-state index contributed by atoms with van der Waals surface area (Å²) in [6, 6.07) is 11.0. The first kappa shape index (κ1) is 15.4. The van der Waals surface area contributed by atoms with Gasteiger partial charge in [-0.2, -0.15) is 0 Å². The quantitative estimate of drug-likeness (QED) is 0.783. The van der Waals surface area contributed by atoms with Gasteiger partial charge in [-0.1, -0.05) is 35.3 Å². The van der Waals surface area contributed by atoms with E-state index in [4.69, 9.17) is 23.2 Å². The van der Waals surface area contributed by atoms with E-state index in [0.717, 1.165) is 21.3 Å². The Morgan fingerprint density at radius 2 is 1.90 bits per heavy atom. The molecule has 0 aromatic heterocycles. The van der Waals surface area contributed by atoms with Crippen LogP contribution in [0.2, 0.25) is 10.0 Å². The zero-order valence-corrected chi connectivity index (χ0v) is 13.8. The van der Waals surface area contributed by atoms with Gasteiger partial charge in [0.15, 0.2) is 0 Å². The van der Waals surface area contributed by atoms with Crippen molar-refractivity contribution >= 4 is 50.7 Å². The second-order valence-corrected chi connectivity index (χ2v) is 6.13. The molecule has 0 unspecified atom stereocenters. The number of hydrogen-bond acceptors (Lipinski definition) is 1. The molecule has 0 saturated carbocycles. The molecule has 20 heavy (non-hydrogen) atoms. The number of carbonyl (C=O) groups excluding carboxylic acids is 1. The van der Waals surface area contributed by atoms with Crippen LogP contribution in [0.3, 0.4) is 0 Å². The number of halogens is 3. The molecule has 0 bridgehead atoms. The Labute approximate surface area is 136 Å². The average molecular weight is 373 g/mol. The minimum atomic E-state index is -0.102. The largest absolute Gasteiger partial charge is 0.325 e. The number of rotatable bonds is 3. The number of aryl methyl sites for hydroxylation is 1. The maximum Gasteiger partial charge on any atom is 0.228 e. The molecule has 0 aliphatic rings. The smallest absolute Gasteiger partial charge is 0.228 e. The Hall–Kier alpha value is -1.03. The number of hydrogen-bond donors (Lipinski definition) is 1. The number of amides is 1. The summed E-state index contributed by atoms with van der Waals surface area (Å²) in [6.45, 7) is 1.97. The predicted molar refractivity (Wildman–Crippen MR) is 87.7 cm³/mol. The molecule has 0 heterocycles. The molecule has 0 atom stereocenters. The number of benzene rings is 2. The van der Waals surface area contributed by atoms with E-state index in [0.29, 0.717) is 10.0 Å². The summed E-state index contributed by atoms with van der Waals surface area (Å²) in [5.41, 5.74) is 2.66. The third-order valence-corrected chi connectivity index (χ3v) is 4.18. The molecule has 1 amide bonds. The van der Waals surface area contributed by atoms with Crippen molar-refractivity contribution in [3.8, 4) is 0 Å². The van der Waals surface area contributed by atoms with E-state index in [-0.39, 0.29) is 12.3 Å². The summed E-state index contributed by atoms with van der Waals surface area (Å²) in [5.74, 6) is -0.102. The van der Waals surface area contributed by atoms with Crippen LogP contribution in [-0.2, 0) is 11.2 Å². The molecular weight excluding hydrogens is 361 g/mol. The van der Waals surface area contributed by atoms with E-state index in [1.54, 1.807) is 18.2 Å². The van der Waals surface area contributed by atoms with Crippen LogP contribution >= 0.6 is 39.1 Å². The molecular formula is C15H12BrCl2NO. The molecule has 5 heteroatoms. The topological polar surface area (TPSA) is 29.1 Å². The van der Waals surface area contributed by atoms with Crippen molar-refractivity contribution in [2.75, 3.05) is 5.32 Å². The summed E-state index contributed by atoms with van der Waals surface area (Å²) < 4.78 is 0.852. The predicted octanol–water partition coefficient (Wildman–Crippen LogP) is 5.25. The lowest BCUT2D eigenvalue weighted by molar-refractivity contribution is -0.115. The summed E-state index contributed by atoms with van der Waals surface area (Å²) in [6.07, 6.45) is 0.247. The van der Waals surface area contributed by atoms with Gasteiger partial charge in [-0.25, -0.2) is 0 Å². The van der Waals surface area contributed by atoms with E-state index in [1.165, 1.54) is 0 Å². The minimum absolute atomic E-state index is 0.102. The Bertz CT molecular complexity index is 658. The lowest BCUT2D eigenvalue weighted by Gasteiger charge is -2.09. The summed E-state index contributed by atoms with van der Waals surface area (Å²) >= 11 is 15.2. The van der Waals surface area contributed by atoms with Gasteiger partial charge >= 0.3 is 0 Å². The Kier molecular flexibility index (Phi) is 5.08. The summed E-state index contributed by atoms with van der Waals surface area (Å²) in [5, 5.41) is 3.81. The van der Waals surface area contributed by atoms with Crippen LogP contribution in [0.25, 0.3) is 0 Å². The van der Waals surface area contributed by atoms with Crippen molar-refractivity contribution in [1.82, 2.24) is 0 Å². The molecule has 0 spiro atoms. The zero-order valence-electron chi connectivity index (χ0n) is 10.7. The van der Waals surface area contributed by atoms with Crippen LogP contribution in [0, 0.1) is 6.92 Å². The molecule has 104 valence electrons. The van der Waals surface area contributed by atoms with E-state index in [1.807, 2.05) is 25.1 Å². The highest BCUT2D eigenvalue weighted by Crippen LogP contribution is 2.25.